The second-order valence-corrected chi connectivity index (χ2v) is 6.34. The number of benzene rings is 2. The topological polar surface area (TPSA) is 51.1 Å². The molecule has 0 saturated heterocycles. The van der Waals surface area contributed by atoms with Crippen LogP contribution in [0.1, 0.15) is 25.0 Å². The van der Waals surface area contributed by atoms with Gasteiger partial charge in [-0.15, -0.1) is 0 Å². The Bertz CT molecular complexity index is 904. The van der Waals surface area contributed by atoms with Crippen LogP contribution < -0.4 is 9.47 Å². The van der Waals surface area contributed by atoms with Crippen molar-refractivity contribution in [2.24, 2.45) is 4.99 Å². The zero-order valence-corrected chi connectivity index (χ0v) is 16.3. The van der Waals surface area contributed by atoms with E-state index >= 15 is 0 Å². The molecule has 0 bridgehead atoms. The molecule has 2 aromatic carbocycles. The number of amidine groups is 1. The van der Waals surface area contributed by atoms with Crippen molar-refractivity contribution < 1.29 is 14.3 Å². The van der Waals surface area contributed by atoms with Crippen molar-refractivity contribution in [1.29, 1.82) is 0 Å². The highest BCUT2D eigenvalue weighted by atomic mass is 35.5. The molecule has 6 heteroatoms. The van der Waals surface area contributed by atoms with Crippen LogP contribution >= 0.6 is 11.6 Å². The van der Waals surface area contributed by atoms with Gasteiger partial charge in [0.05, 0.1) is 13.2 Å². The highest BCUT2D eigenvalue weighted by Crippen LogP contribution is 2.30. The fraction of sp³-hybridized carbons (Fsp3) is 0.238. The lowest BCUT2D eigenvalue weighted by molar-refractivity contribution is -0.121. The van der Waals surface area contributed by atoms with E-state index in [0.29, 0.717) is 41.3 Å². The molecule has 3 rings (SSSR count). The summed E-state index contributed by atoms with van der Waals surface area (Å²) in [6, 6.07) is 12.8. The summed E-state index contributed by atoms with van der Waals surface area (Å²) in [6.07, 6.45) is 1.75. The summed E-state index contributed by atoms with van der Waals surface area (Å²) in [7, 11) is 1.71. The van der Waals surface area contributed by atoms with E-state index in [1.807, 2.05) is 44.2 Å². The molecule has 27 heavy (non-hydrogen) atoms. The van der Waals surface area contributed by atoms with Crippen LogP contribution in [-0.2, 0) is 4.79 Å². The fourth-order valence-corrected chi connectivity index (χ4v) is 2.90. The smallest absolute Gasteiger partial charge is 0.277 e. The summed E-state index contributed by atoms with van der Waals surface area (Å²) in [5, 5.41) is 0.639. The molecule has 140 valence electrons. The lowest BCUT2D eigenvalue weighted by atomic mass is 10.1. The van der Waals surface area contributed by atoms with Gasteiger partial charge in [-0.2, -0.15) is 0 Å². The third-order valence-electron chi connectivity index (χ3n) is 4.04. The Labute approximate surface area is 163 Å². The van der Waals surface area contributed by atoms with Gasteiger partial charge >= 0.3 is 0 Å². The van der Waals surface area contributed by atoms with E-state index in [9.17, 15) is 4.79 Å². The van der Waals surface area contributed by atoms with Crippen LogP contribution in [0.15, 0.2) is 53.2 Å². The van der Waals surface area contributed by atoms with Gasteiger partial charge in [0.25, 0.3) is 5.91 Å². The minimum absolute atomic E-state index is 0.160. The number of nitrogens with zero attached hydrogens (tertiary/aromatic N) is 2. The number of likely N-dealkylation sites (N-methyl/N-ethyl adjacent to an activating group) is 1. The van der Waals surface area contributed by atoms with Gasteiger partial charge in [0.15, 0.2) is 11.5 Å². The minimum atomic E-state index is -0.160. The molecule has 0 atom stereocenters. The average molecular weight is 385 g/mol. The van der Waals surface area contributed by atoms with Gasteiger partial charge in [0, 0.05) is 17.6 Å². The van der Waals surface area contributed by atoms with Crippen molar-refractivity contribution in [3.63, 3.8) is 0 Å². The first-order valence-electron chi connectivity index (χ1n) is 8.77. The molecule has 0 radical (unpaired) electrons. The minimum Gasteiger partial charge on any atom is -0.490 e. The Morgan fingerprint density at radius 2 is 1.70 bits per heavy atom. The normalized spacial score (nSPS) is 15.3. The number of rotatable bonds is 6. The zero-order chi connectivity index (χ0) is 19.4. The predicted octanol–water partition coefficient (Wildman–Crippen LogP) is 4.40. The lowest BCUT2D eigenvalue weighted by Gasteiger charge is -2.12. The third-order valence-corrected chi connectivity index (χ3v) is 4.29. The summed E-state index contributed by atoms with van der Waals surface area (Å²) >= 11 is 5.94. The van der Waals surface area contributed by atoms with Crippen LogP contribution in [0.5, 0.6) is 11.5 Å². The van der Waals surface area contributed by atoms with Crippen molar-refractivity contribution in [3.05, 3.63) is 64.3 Å². The number of aliphatic imine (C=N–C) groups is 1. The SMILES string of the molecule is CCOc1ccc(/C=C2\N=C(c3ccc(Cl)cc3)N(C)C2=O)cc1OCC. The fourth-order valence-electron chi connectivity index (χ4n) is 2.77. The molecular weight excluding hydrogens is 364 g/mol. The highest BCUT2D eigenvalue weighted by molar-refractivity contribution is 6.30. The predicted molar refractivity (Wildman–Crippen MR) is 108 cm³/mol. The second-order valence-electron chi connectivity index (χ2n) is 5.91. The van der Waals surface area contributed by atoms with Gasteiger partial charge in [0.1, 0.15) is 11.5 Å². The van der Waals surface area contributed by atoms with E-state index < -0.39 is 0 Å². The van der Waals surface area contributed by atoms with Crippen LogP contribution in [0.3, 0.4) is 0 Å². The summed E-state index contributed by atoms with van der Waals surface area (Å²) in [6.45, 7) is 4.92. The molecule has 1 aliphatic rings. The van der Waals surface area contributed by atoms with E-state index in [2.05, 4.69) is 4.99 Å². The molecule has 0 fully saturated rings. The van der Waals surface area contributed by atoms with E-state index in [-0.39, 0.29) is 5.91 Å². The average Bonchev–Trinajstić information content (AvgIpc) is 2.93. The maximum Gasteiger partial charge on any atom is 0.277 e. The zero-order valence-electron chi connectivity index (χ0n) is 15.5. The molecule has 0 aromatic heterocycles. The lowest BCUT2D eigenvalue weighted by Crippen LogP contribution is -2.28. The first-order chi connectivity index (χ1) is 13.0. The van der Waals surface area contributed by atoms with Crippen molar-refractivity contribution in [3.8, 4) is 11.5 Å². The molecule has 0 saturated carbocycles. The molecule has 1 aliphatic heterocycles. The van der Waals surface area contributed by atoms with Crippen LogP contribution in [0, 0.1) is 0 Å². The molecule has 0 aliphatic carbocycles. The Morgan fingerprint density at radius 1 is 1.04 bits per heavy atom. The first-order valence-corrected chi connectivity index (χ1v) is 9.15. The Morgan fingerprint density at radius 3 is 2.37 bits per heavy atom. The van der Waals surface area contributed by atoms with Crippen molar-refractivity contribution in [2.45, 2.75) is 13.8 Å². The molecule has 0 spiro atoms. The third kappa shape index (κ3) is 4.14. The molecular formula is C21H21ClN2O3. The Balaban J connectivity index is 1.95. The van der Waals surface area contributed by atoms with Gasteiger partial charge < -0.3 is 9.47 Å². The largest absolute Gasteiger partial charge is 0.490 e. The van der Waals surface area contributed by atoms with E-state index in [1.165, 1.54) is 4.90 Å². The van der Waals surface area contributed by atoms with Gasteiger partial charge in [-0.3, -0.25) is 9.69 Å². The molecule has 2 aromatic rings. The van der Waals surface area contributed by atoms with Crippen molar-refractivity contribution >= 4 is 29.4 Å². The highest BCUT2D eigenvalue weighted by Gasteiger charge is 2.27. The number of amides is 1. The van der Waals surface area contributed by atoms with E-state index in [4.69, 9.17) is 21.1 Å². The standard InChI is InChI=1S/C21H21ClN2O3/c1-4-26-18-11-6-14(13-19(18)27-5-2)12-17-21(25)24(3)20(23-17)15-7-9-16(22)10-8-15/h6-13H,4-5H2,1-3H3/b17-12-. The van der Waals surface area contributed by atoms with Crippen molar-refractivity contribution in [2.75, 3.05) is 20.3 Å². The monoisotopic (exact) mass is 384 g/mol. The molecule has 0 N–H and O–H groups in total. The van der Waals surface area contributed by atoms with Crippen LogP contribution in [0.4, 0.5) is 0 Å². The number of hydrogen-bond donors (Lipinski definition) is 0. The number of carbonyl (C=O) groups excluding carboxylic acids is 1. The van der Waals surface area contributed by atoms with Gasteiger partial charge in [-0.25, -0.2) is 4.99 Å². The molecule has 1 heterocycles. The van der Waals surface area contributed by atoms with Crippen molar-refractivity contribution in [1.82, 2.24) is 4.90 Å². The number of carbonyl (C=O) groups is 1. The van der Waals surface area contributed by atoms with Crippen LogP contribution in [0.2, 0.25) is 5.02 Å². The molecule has 0 unspecified atom stereocenters. The Hall–Kier alpha value is -2.79. The van der Waals surface area contributed by atoms with Crippen LogP contribution in [0.25, 0.3) is 6.08 Å². The Kier molecular flexibility index (Phi) is 5.81. The maximum absolute atomic E-state index is 12.6. The molecule has 1 amide bonds. The number of halogens is 1. The summed E-state index contributed by atoms with van der Waals surface area (Å²) < 4.78 is 11.2. The van der Waals surface area contributed by atoms with Gasteiger partial charge in [-0.1, -0.05) is 17.7 Å². The first kappa shape index (κ1) is 19.0. The van der Waals surface area contributed by atoms with Gasteiger partial charge in [-0.05, 0) is 61.9 Å². The van der Waals surface area contributed by atoms with E-state index in [1.54, 1.807) is 25.3 Å². The summed E-state index contributed by atoms with van der Waals surface area (Å²) in [4.78, 5) is 18.7. The number of ether oxygens (including phenoxy) is 2. The van der Waals surface area contributed by atoms with Crippen LogP contribution in [-0.4, -0.2) is 36.9 Å². The second kappa shape index (κ2) is 8.27. The quantitative estimate of drug-likeness (QED) is 0.694. The molecule has 5 nitrogen and oxygen atoms in total. The summed E-state index contributed by atoms with van der Waals surface area (Å²) in [5.74, 6) is 1.77. The summed E-state index contributed by atoms with van der Waals surface area (Å²) in [5.41, 5.74) is 2.02. The van der Waals surface area contributed by atoms with E-state index in [0.717, 1.165) is 11.1 Å². The van der Waals surface area contributed by atoms with Gasteiger partial charge in [0.2, 0.25) is 0 Å². The number of hydrogen-bond acceptors (Lipinski definition) is 4. The maximum atomic E-state index is 12.6.